The van der Waals surface area contributed by atoms with Gasteiger partial charge in [0, 0.05) is 81.2 Å². The summed E-state index contributed by atoms with van der Waals surface area (Å²) in [4.78, 5) is 41.3. The number of hydrogen-bond acceptors (Lipinski definition) is 7. The molecule has 1 aromatic carbocycles. The van der Waals surface area contributed by atoms with Gasteiger partial charge in [-0.1, -0.05) is 19.0 Å². The summed E-state index contributed by atoms with van der Waals surface area (Å²) in [7, 11) is 0. The van der Waals surface area contributed by atoms with Crippen LogP contribution >= 0.6 is 0 Å². The van der Waals surface area contributed by atoms with Crippen LogP contribution in [-0.2, 0) is 17.8 Å². The molecule has 0 radical (unpaired) electrons. The number of aromatic nitrogens is 3. The number of pyridine rings is 1. The number of halogens is 1. The zero-order valence-electron chi connectivity index (χ0n) is 23.1. The van der Waals surface area contributed by atoms with E-state index < -0.39 is 5.82 Å². The molecule has 9 nitrogen and oxygen atoms in total. The van der Waals surface area contributed by atoms with Gasteiger partial charge in [0.15, 0.2) is 5.82 Å². The van der Waals surface area contributed by atoms with Crippen molar-refractivity contribution in [2.75, 3.05) is 31.1 Å². The first-order valence-corrected chi connectivity index (χ1v) is 13.6. The molecule has 208 valence electrons. The lowest BCUT2D eigenvalue weighted by molar-refractivity contribution is -0.132. The second-order valence-corrected chi connectivity index (χ2v) is 10.5. The van der Waals surface area contributed by atoms with Crippen molar-refractivity contribution >= 4 is 17.5 Å². The molecule has 0 unspecified atom stereocenters. The predicted octanol–water partition coefficient (Wildman–Crippen LogP) is 4.45. The molecular formula is C29H37FN6O3. The Bertz CT molecular complexity index is 1260. The fraction of sp³-hybridized carbons (Fsp3) is 0.483. The molecule has 1 aliphatic heterocycles. The molecule has 10 heteroatoms. The van der Waals surface area contributed by atoms with E-state index in [1.165, 1.54) is 12.1 Å². The minimum absolute atomic E-state index is 0.0931. The van der Waals surface area contributed by atoms with E-state index in [9.17, 15) is 14.0 Å². The van der Waals surface area contributed by atoms with E-state index in [1.807, 2.05) is 13.8 Å². The van der Waals surface area contributed by atoms with Crippen LogP contribution in [0.4, 0.5) is 10.1 Å². The molecule has 0 bridgehead atoms. The summed E-state index contributed by atoms with van der Waals surface area (Å²) in [6.07, 6.45) is 4.41. The number of rotatable bonds is 6. The third kappa shape index (κ3) is 7.26. The van der Waals surface area contributed by atoms with E-state index in [4.69, 9.17) is 4.52 Å². The van der Waals surface area contributed by atoms with E-state index in [-0.39, 0.29) is 36.7 Å². The van der Waals surface area contributed by atoms with Gasteiger partial charge in [0.25, 0.3) is 5.91 Å². The van der Waals surface area contributed by atoms with Gasteiger partial charge >= 0.3 is 0 Å². The Morgan fingerprint density at radius 3 is 2.49 bits per heavy atom. The molecule has 0 saturated heterocycles. The lowest BCUT2D eigenvalue weighted by Gasteiger charge is -2.30. The molecule has 0 fully saturated rings. The largest absolute Gasteiger partial charge is 0.339 e. The number of anilines is 1. The fourth-order valence-electron chi connectivity index (χ4n) is 4.71. The van der Waals surface area contributed by atoms with Gasteiger partial charge in [-0.3, -0.25) is 19.5 Å². The first kappa shape index (κ1) is 28.4. The van der Waals surface area contributed by atoms with Crippen LogP contribution in [0.25, 0.3) is 0 Å². The minimum atomic E-state index is -0.414. The molecule has 4 rings (SSSR count). The highest BCUT2D eigenvalue weighted by Gasteiger charge is 2.26. The number of benzene rings is 1. The van der Waals surface area contributed by atoms with Crippen LogP contribution in [0.2, 0.25) is 0 Å². The first-order chi connectivity index (χ1) is 18.7. The molecule has 0 N–H and O–H groups in total. The molecule has 39 heavy (non-hydrogen) atoms. The van der Waals surface area contributed by atoms with Crippen molar-refractivity contribution in [1.82, 2.24) is 24.9 Å². The summed E-state index contributed by atoms with van der Waals surface area (Å²) in [6.45, 7) is 10.8. The number of fused-ring (bicyclic) bond motifs is 1. The second kappa shape index (κ2) is 12.9. The lowest BCUT2D eigenvalue weighted by Crippen LogP contribution is -2.41. The van der Waals surface area contributed by atoms with E-state index in [2.05, 4.69) is 33.9 Å². The highest BCUT2D eigenvalue weighted by Crippen LogP contribution is 2.27. The topological polar surface area (TPSA) is 95.7 Å². The predicted molar refractivity (Wildman–Crippen MR) is 146 cm³/mol. The summed E-state index contributed by atoms with van der Waals surface area (Å²) in [5, 5.41) is 3.98. The van der Waals surface area contributed by atoms with Crippen molar-refractivity contribution < 1.29 is 18.5 Å². The van der Waals surface area contributed by atoms with Crippen molar-refractivity contribution in [2.24, 2.45) is 0 Å². The van der Waals surface area contributed by atoms with Gasteiger partial charge in [0.1, 0.15) is 5.82 Å². The average Bonchev–Trinajstić information content (AvgIpc) is 3.39. The van der Waals surface area contributed by atoms with Gasteiger partial charge < -0.3 is 14.3 Å². The Kier molecular flexibility index (Phi) is 9.40. The molecule has 2 amide bonds. The number of carbonyl (C=O) groups excluding carboxylic acids is 2. The summed E-state index contributed by atoms with van der Waals surface area (Å²) in [5.41, 5.74) is 1.69. The number of hydrogen-bond donors (Lipinski definition) is 0. The van der Waals surface area contributed by atoms with Gasteiger partial charge in [-0.25, -0.2) is 4.39 Å². The molecule has 0 saturated carbocycles. The van der Waals surface area contributed by atoms with Crippen molar-refractivity contribution in [3.05, 3.63) is 71.4 Å². The normalized spacial score (nSPS) is 15.4. The zero-order valence-corrected chi connectivity index (χ0v) is 23.1. The highest BCUT2D eigenvalue weighted by atomic mass is 19.1. The second-order valence-electron chi connectivity index (χ2n) is 10.5. The number of amides is 2. The quantitative estimate of drug-likeness (QED) is 0.459. The Balaban J connectivity index is 1.63. The van der Waals surface area contributed by atoms with Gasteiger partial charge in [0.05, 0.1) is 0 Å². The monoisotopic (exact) mass is 536 g/mol. The van der Waals surface area contributed by atoms with Crippen LogP contribution in [0.1, 0.15) is 74.1 Å². The average molecular weight is 537 g/mol. The van der Waals surface area contributed by atoms with E-state index in [0.29, 0.717) is 54.6 Å². The Morgan fingerprint density at radius 2 is 1.79 bits per heavy atom. The highest BCUT2D eigenvalue weighted by molar-refractivity contribution is 6.06. The van der Waals surface area contributed by atoms with Crippen molar-refractivity contribution in [3.8, 4) is 0 Å². The van der Waals surface area contributed by atoms with Crippen LogP contribution in [-0.4, -0.2) is 69.0 Å². The maximum Gasteiger partial charge on any atom is 0.258 e. The van der Waals surface area contributed by atoms with E-state index in [1.54, 1.807) is 40.4 Å². The van der Waals surface area contributed by atoms with Crippen molar-refractivity contribution in [1.29, 1.82) is 0 Å². The van der Waals surface area contributed by atoms with Crippen LogP contribution in [0.15, 0.2) is 47.2 Å². The first-order valence-electron chi connectivity index (χ1n) is 13.6. The minimum Gasteiger partial charge on any atom is -0.339 e. The SMILES string of the molecule is CC(C)c1noc(CCC(=O)N2CCN(C(C)C)CCCN(C(=O)c3ccncc3)c3ccc(F)cc3C2)n1. The fourth-order valence-corrected chi connectivity index (χ4v) is 4.71. The zero-order chi connectivity index (χ0) is 27.9. The Hall–Kier alpha value is -3.66. The van der Waals surface area contributed by atoms with Crippen molar-refractivity contribution in [2.45, 2.75) is 65.5 Å². The molecule has 1 aliphatic rings. The van der Waals surface area contributed by atoms with Gasteiger partial charge in [-0.05, 0) is 56.2 Å². The molecule has 0 spiro atoms. The molecule has 2 aromatic heterocycles. The maximum atomic E-state index is 14.5. The molecule has 3 aromatic rings. The third-order valence-electron chi connectivity index (χ3n) is 6.99. The lowest BCUT2D eigenvalue weighted by atomic mass is 10.1. The molecule has 3 heterocycles. The third-order valence-corrected chi connectivity index (χ3v) is 6.99. The molecule has 0 atom stereocenters. The maximum absolute atomic E-state index is 14.5. The van der Waals surface area contributed by atoms with Crippen LogP contribution in [0.3, 0.4) is 0 Å². The van der Waals surface area contributed by atoms with Crippen LogP contribution in [0.5, 0.6) is 0 Å². The van der Waals surface area contributed by atoms with Gasteiger partial charge in [0.2, 0.25) is 11.8 Å². The Labute approximate surface area is 229 Å². The standard InChI is InChI=1S/C29H37FN6O3/c1-20(2)28-32-26(39-33-28)8-9-27(37)35-17-16-34(21(3)4)14-5-15-36(29(38)22-10-12-31-13-11-22)25-7-6-24(30)18-23(25)19-35/h6-7,10-13,18,20-21H,5,8-9,14-17,19H2,1-4H3. The van der Waals surface area contributed by atoms with Gasteiger partial charge in [-0.2, -0.15) is 4.98 Å². The summed E-state index contributed by atoms with van der Waals surface area (Å²) >= 11 is 0. The number of carbonyl (C=O) groups is 2. The van der Waals surface area contributed by atoms with Crippen LogP contribution < -0.4 is 4.90 Å². The summed E-state index contributed by atoms with van der Waals surface area (Å²) < 4.78 is 19.9. The number of aryl methyl sites for hydroxylation is 1. The molecule has 0 aliphatic carbocycles. The summed E-state index contributed by atoms with van der Waals surface area (Å²) in [5.74, 6) is 0.483. The van der Waals surface area contributed by atoms with Gasteiger partial charge in [-0.15, -0.1) is 0 Å². The number of nitrogens with zero attached hydrogens (tertiary/aromatic N) is 6. The Morgan fingerprint density at radius 1 is 1.03 bits per heavy atom. The molecular weight excluding hydrogens is 499 g/mol. The van der Waals surface area contributed by atoms with E-state index in [0.717, 1.165) is 13.0 Å². The van der Waals surface area contributed by atoms with E-state index >= 15 is 0 Å². The van der Waals surface area contributed by atoms with Crippen LogP contribution in [0, 0.1) is 5.82 Å². The smallest absolute Gasteiger partial charge is 0.258 e. The summed E-state index contributed by atoms with van der Waals surface area (Å²) in [6, 6.07) is 8.04. The van der Waals surface area contributed by atoms with Crippen molar-refractivity contribution in [3.63, 3.8) is 0 Å².